The lowest BCUT2D eigenvalue weighted by Gasteiger charge is -2.27. The van der Waals surface area contributed by atoms with E-state index in [4.69, 9.17) is 0 Å². The topological polar surface area (TPSA) is 54.4 Å². The molecule has 1 fully saturated rings. The average Bonchev–Trinajstić information content (AvgIpc) is 2.30. The Kier molecular flexibility index (Phi) is 3.54. The summed E-state index contributed by atoms with van der Waals surface area (Å²) >= 11 is 0. The molecule has 3 nitrogen and oxygen atoms in total. The Balaban J connectivity index is 2.32. The predicted molar refractivity (Wildman–Crippen MR) is 66.6 cm³/mol. The molecule has 0 spiro atoms. The highest BCUT2D eigenvalue weighted by atomic mass is 32.2. The van der Waals surface area contributed by atoms with E-state index in [0.717, 1.165) is 18.4 Å². The van der Waals surface area contributed by atoms with Crippen LogP contribution in [0.4, 0.5) is 0 Å². The molecule has 4 heteroatoms. The van der Waals surface area contributed by atoms with E-state index in [0.29, 0.717) is 17.7 Å². The smallest absolute Gasteiger partial charge is 0.183 e. The molecule has 1 aliphatic carbocycles. The fourth-order valence-corrected chi connectivity index (χ4v) is 4.23. The van der Waals surface area contributed by atoms with E-state index in [2.05, 4.69) is 0 Å². The second-order valence-electron chi connectivity index (χ2n) is 4.75. The van der Waals surface area contributed by atoms with Crippen LogP contribution in [0.5, 0.6) is 0 Å². The van der Waals surface area contributed by atoms with Crippen molar-refractivity contribution in [3.63, 3.8) is 0 Å². The van der Waals surface area contributed by atoms with Crippen molar-refractivity contribution in [2.24, 2.45) is 0 Å². The molecule has 2 atom stereocenters. The summed E-state index contributed by atoms with van der Waals surface area (Å²) < 4.78 is 24.7. The van der Waals surface area contributed by atoms with Crippen LogP contribution in [-0.4, -0.2) is 24.9 Å². The molecule has 1 N–H and O–H groups in total. The molecule has 2 rings (SSSR count). The molecule has 0 unspecified atom stereocenters. The van der Waals surface area contributed by atoms with Crippen LogP contribution < -0.4 is 0 Å². The van der Waals surface area contributed by atoms with Crippen molar-refractivity contribution in [2.75, 3.05) is 0 Å². The van der Waals surface area contributed by atoms with Gasteiger partial charge in [0.15, 0.2) is 9.84 Å². The SMILES string of the molecule is Cc1ccc(S(=O)(=O)[C@H]2CCCC[C@@H]2O)cc1. The lowest BCUT2D eigenvalue weighted by atomic mass is 9.97. The maximum atomic E-state index is 12.3. The summed E-state index contributed by atoms with van der Waals surface area (Å²) in [5, 5.41) is 9.22. The van der Waals surface area contributed by atoms with Crippen LogP contribution in [0.3, 0.4) is 0 Å². The van der Waals surface area contributed by atoms with Crippen molar-refractivity contribution in [1.29, 1.82) is 0 Å². The van der Waals surface area contributed by atoms with Gasteiger partial charge in [0, 0.05) is 0 Å². The van der Waals surface area contributed by atoms with Gasteiger partial charge < -0.3 is 5.11 Å². The van der Waals surface area contributed by atoms with Crippen LogP contribution in [0.15, 0.2) is 29.2 Å². The molecule has 0 saturated heterocycles. The molecule has 0 aromatic heterocycles. The van der Waals surface area contributed by atoms with Gasteiger partial charge in [0.2, 0.25) is 0 Å². The summed E-state index contributed by atoms with van der Waals surface area (Å²) in [7, 11) is -3.38. The lowest BCUT2D eigenvalue weighted by Crippen LogP contribution is -2.36. The van der Waals surface area contributed by atoms with Crippen molar-refractivity contribution in [2.45, 2.75) is 48.9 Å². The number of hydrogen-bond donors (Lipinski definition) is 1. The molecule has 0 radical (unpaired) electrons. The molecule has 0 aliphatic heterocycles. The molecule has 94 valence electrons. The Morgan fingerprint density at radius 2 is 1.71 bits per heavy atom. The highest BCUT2D eigenvalue weighted by Gasteiger charge is 2.35. The number of benzene rings is 1. The van der Waals surface area contributed by atoms with E-state index < -0.39 is 21.2 Å². The van der Waals surface area contributed by atoms with E-state index >= 15 is 0 Å². The van der Waals surface area contributed by atoms with Gasteiger partial charge >= 0.3 is 0 Å². The van der Waals surface area contributed by atoms with Crippen LogP contribution in [0.1, 0.15) is 31.2 Å². The minimum atomic E-state index is -3.38. The Hall–Kier alpha value is -0.870. The molecular formula is C13H18O3S. The van der Waals surface area contributed by atoms with Crippen molar-refractivity contribution in [3.8, 4) is 0 Å². The fraction of sp³-hybridized carbons (Fsp3) is 0.538. The average molecular weight is 254 g/mol. The van der Waals surface area contributed by atoms with Crippen LogP contribution in [0.2, 0.25) is 0 Å². The first-order chi connectivity index (χ1) is 8.01. The molecule has 17 heavy (non-hydrogen) atoms. The number of aliphatic hydroxyl groups is 1. The maximum absolute atomic E-state index is 12.3. The third-order valence-corrected chi connectivity index (χ3v) is 5.69. The normalized spacial score (nSPS) is 25.8. The van der Waals surface area contributed by atoms with E-state index in [1.165, 1.54) is 0 Å². The van der Waals surface area contributed by atoms with Crippen molar-refractivity contribution < 1.29 is 13.5 Å². The number of aliphatic hydroxyl groups excluding tert-OH is 1. The summed E-state index contributed by atoms with van der Waals surface area (Å²) in [4.78, 5) is 0.328. The van der Waals surface area contributed by atoms with E-state index in [1.807, 2.05) is 6.92 Å². The van der Waals surface area contributed by atoms with Crippen LogP contribution >= 0.6 is 0 Å². The van der Waals surface area contributed by atoms with Crippen molar-refractivity contribution in [3.05, 3.63) is 29.8 Å². The van der Waals surface area contributed by atoms with Gasteiger partial charge in [0.05, 0.1) is 16.2 Å². The molecular weight excluding hydrogens is 236 g/mol. The predicted octanol–water partition coefficient (Wildman–Crippen LogP) is 2.07. The summed E-state index contributed by atoms with van der Waals surface area (Å²) in [6.45, 7) is 1.92. The third kappa shape index (κ3) is 2.53. The van der Waals surface area contributed by atoms with Crippen LogP contribution in [-0.2, 0) is 9.84 Å². The highest BCUT2D eigenvalue weighted by molar-refractivity contribution is 7.92. The molecule has 0 heterocycles. The maximum Gasteiger partial charge on any atom is 0.183 e. The fourth-order valence-electron chi connectivity index (χ4n) is 2.34. The monoisotopic (exact) mass is 254 g/mol. The first kappa shape index (κ1) is 12.6. The second-order valence-corrected chi connectivity index (χ2v) is 6.92. The Morgan fingerprint density at radius 1 is 1.12 bits per heavy atom. The first-order valence-electron chi connectivity index (χ1n) is 6.00. The van der Waals surface area contributed by atoms with Gasteiger partial charge in [-0.05, 0) is 31.9 Å². The molecule has 1 aliphatic rings. The van der Waals surface area contributed by atoms with Gasteiger partial charge in [-0.2, -0.15) is 0 Å². The number of aryl methyl sites for hydroxylation is 1. The Bertz CT molecular complexity index is 476. The highest BCUT2D eigenvalue weighted by Crippen LogP contribution is 2.29. The van der Waals surface area contributed by atoms with E-state index in [1.54, 1.807) is 24.3 Å². The zero-order chi connectivity index (χ0) is 12.5. The lowest BCUT2D eigenvalue weighted by molar-refractivity contribution is 0.133. The molecule has 1 aromatic rings. The summed E-state index contributed by atoms with van der Waals surface area (Å²) in [6, 6.07) is 6.85. The van der Waals surface area contributed by atoms with Gasteiger partial charge in [0.25, 0.3) is 0 Å². The first-order valence-corrected chi connectivity index (χ1v) is 7.55. The third-order valence-electron chi connectivity index (χ3n) is 3.42. The second kappa shape index (κ2) is 4.78. The van der Waals surface area contributed by atoms with Gasteiger partial charge in [-0.1, -0.05) is 30.5 Å². The standard InChI is InChI=1S/C13H18O3S/c1-10-6-8-11(9-7-10)17(15,16)13-5-3-2-4-12(13)14/h6-9,12-14H,2-5H2,1H3/t12-,13-/m0/s1. The Morgan fingerprint density at radius 3 is 2.29 bits per heavy atom. The Labute approximate surface area is 102 Å². The van der Waals surface area contributed by atoms with Crippen LogP contribution in [0.25, 0.3) is 0 Å². The minimum Gasteiger partial charge on any atom is -0.392 e. The molecule has 0 amide bonds. The summed E-state index contributed by atoms with van der Waals surface area (Å²) in [6.07, 6.45) is 2.25. The van der Waals surface area contributed by atoms with Crippen molar-refractivity contribution >= 4 is 9.84 Å². The molecule has 0 bridgehead atoms. The molecule has 1 aromatic carbocycles. The van der Waals surface area contributed by atoms with E-state index in [9.17, 15) is 13.5 Å². The van der Waals surface area contributed by atoms with Gasteiger partial charge in [0.1, 0.15) is 0 Å². The van der Waals surface area contributed by atoms with Crippen molar-refractivity contribution in [1.82, 2.24) is 0 Å². The quantitative estimate of drug-likeness (QED) is 0.879. The minimum absolute atomic E-state index is 0.328. The zero-order valence-electron chi connectivity index (χ0n) is 9.96. The number of hydrogen-bond acceptors (Lipinski definition) is 3. The van der Waals surface area contributed by atoms with Gasteiger partial charge in [-0.3, -0.25) is 0 Å². The number of rotatable bonds is 2. The zero-order valence-corrected chi connectivity index (χ0v) is 10.8. The van der Waals surface area contributed by atoms with E-state index in [-0.39, 0.29) is 0 Å². The van der Waals surface area contributed by atoms with Gasteiger partial charge in [-0.25, -0.2) is 8.42 Å². The number of sulfone groups is 1. The summed E-state index contributed by atoms with van der Waals surface area (Å²) in [5.74, 6) is 0. The van der Waals surface area contributed by atoms with Crippen LogP contribution in [0, 0.1) is 6.92 Å². The molecule has 1 saturated carbocycles. The largest absolute Gasteiger partial charge is 0.392 e. The summed E-state index contributed by atoms with van der Waals surface area (Å²) in [5.41, 5.74) is 1.04. The van der Waals surface area contributed by atoms with Gasteiger partial charge in [-0.15, -0.1) is 0 Å².